The lowest BCUT2D eigenvalue weighted by molar-refractivity contribution is 0.249. The van der Waals surface area contributed by atoms with Gasteiger partial charge in [0.05, 0.1) is 18.5 Å². The molecule has 0 aromatic carbocycles. The van der Waals surface area contributed by atoms with Crippen LogP contribution in [0.4, 0.5) is 0 Å². The van der Waals surface area contributed by atoms with Gasteiger partial charge in [-0.15, -0.1) is 5.10 Å². The number of aryl methyl sites for hydroxylation is 1. The van der Waals surface area contributed by atoms with Crippen LogP contribution in [0, 0.1) is 0 Å². The summed E-state index contributed by atoms with van der Waals surface area (Å²) in [6.45, 7) is 0.216. The fourth-order valence-electron chi connectivity index (χ4n) is 1.42. The van der Waals surface area contributed by atoms with E-state index in [9.17, 15) is 0 Å². The van der Waals surface area contributed by atoms with Crippen LogP contribution in [0.2, 0.25) is 0 Å². The molecule has 0 amide bonds. The van der Waals surface area contributed by atoms with E-state index in [2.05, 4.69) is 10.3 Å². The van der Waals surface area contributed by atoms with E-state index in [4.69, 9.17) is 5.11 Å². The standard InChI is InChI=1S/C7H11N3O/c1-10-6(4-8-9-10)7(5-11)2-3-7/h4,11H,2-3,5H2,1H3. The molecule has 1 N–H and O–H groups in total. The average molecular weight is 153 g/mol. The number of nitrogens with zero attached hydrogens (tertiary/aromatic N) is 3. The van der Waals surface area contributed by atoms with Crippen LogP contribution in [-0.2, 0) is 12.5 Å². The summed E-state index contributed by atoms with van der Waals surface area (Å²) in [5.74, 6) is 0. The highest BCUT2D eigenvalue weighted by Gasteiger charge is 2.46. The van der Waals surface area contributed by atoms with Crippen molar-refractivity contribution in [2.45, 2.75) is 18.3 Å². The summed E-state index contributed by atoms with van der Waals surface area (Å²) in [7, 11) is 1.86. The number of hydrogen-bond acceptors (Lipinski definition) is 3. The highest BCUT2D eigenvalue weighted by Crippen LogP contribution is 2.46. The number of aliphatic hydroxyl groups excluding tert-OH is 1. The maximum absolute atomic E-state index is 9.08. The van der Waals surface area contributed by atoms with Crippen molar-refractivity contribution in [3.63, 3.8) is 0 Å². The minimum absolute atomic E-state index is 0.00174. The first-order valence-electron chi connectivity index (χ1n) is 3.74. The molecule has 2 rings (SSSR count). The molecule has 0 radical (unpaired) electrons. The Bertz CT molecular complexity index is 264. The third kappa shape index (κ3) is 0.860. The molecule has 1 heterocycles. The molecule has 1 fully saturated rings. The first-order valence-corrected chi connectivity index (χ1v) is 3.74. The zero-order chi connectivity index (χ0) is 7.90. The van der Waals surface area contributed by atoms with Crippen molar-refractivity contribution in [1.29, 1.82) is 0 Å². The zero-order valence-corrected chi connectivity index (χ0v) is 6.49. The van der Waals surface area contributed by atoms with Gasteiger partial charge in [0.2, 0.25) is 0 Å². The fourth-order valence-corrected chi connectivity index (χ4v) is 1.42. The quantitative estimate of drug-likeness (QED) is 0.642. The first kappa shape index (κ1) is 6.79. The Labute approximate surface area is 64.8 Å². The molecule has 1 saturated carbocycles. The molecule has 1 aliphatic rings. The molecule has 0 saturated heterocycles. The highest BCUT2D eigenvalue weighted by molar-refractivity contribution is 5.21. The predicted octanol–water partition coefficient (Wildman–Crippen LogP) is -0.161. The molecular weight excluding hydrogens is 142 g/mol. The molecule has 0 atom stereocenters. The maximum Gasteiger partial charge on any atom is 0.0731 e. The zero-order valence-electron chi connectivity index (χ0n) is 6.49. The van der Waals surface area contributed by atoms with Crippen molar-refractivity contribution in [3.05, 3.63) is 11.9 Å². The van der Waals surface area contributed by atoms with Gasteiger partial charge in [-0.05, 0) is 12.8 Å². The molecule has 0 spiro atoms. The lowest BCUT2D eigenvalue weighted by atomic mass is 10.1. The van der Waals surface area contributed by atoms with Crippen LogP contribution in [0.1, 0.15) is 18.5 Å². The number of hydrogen-bond donors (Lipinski definition) is 1. The van der Waals surface area contributed by atoms with E-state index in [0.717, 1.165) is 18.5 Å². The van der Waals surface area contributed by atoms with Gasteiger partial charge in [0.1, 0.15) is 0 Å². The molecule has 0 unspecified atom stereocenters. The van der Waals surface area contributed by atoms with E-state index >= 15 is 0 Å². The second-order valence-electron chi connectivity index (χ2n) is 3.18. The monoisotopic (exact) mass is 153 g/mol. The Hall–Kier alpha value is -0.900. The van der Waals surface area contributed by atoms with Crippen molar-refractivity contribution in [2.75, 3.05) is 6.61 Å². The van der Waals surface area contributed by atoms with Gasteiger partial charge in [-0.3, -0.25) is 4.68 Å². The van der Waals surface area contributed by atoms with Crippen LogP contribution in [0.15, 0.2) is 6.20 Å². The number of aliphatic hydroxyl groups is 1. The van der Waals surface area contributed by atoms with Crippen molar-refractivity contribution in [1.82, 2.24) is 15.0 Å². The first-order chi connectivity index (χ1) is 5.28. The largest absolute Gasteiger partial charge is 0.395 e. The van der Waals surface area contributed by atoms with E-state index in [1.165, 1.54) is 0 Å². The summed E-state index contributed by atoms with van der Waals surface area (Å²) in [4.78, 5) is 0. The second kappa shape index (κ2) is 2.04. The third-order valence-corrected chi connectivity index (χ3v) is 2.41. The Morgan fingerprint density at radius 1 is 1.73 bits per heavy atom. The predicted molar refractivity (Wildman–Crippen MR) is 39.0 cm³/mol. The Morgan fingerprint density at radius 3 is 2.82 bits per heavy atom. The van der Waals surface area contributed by atoms with Crippen LogP contribution in [0.5, 0.6) is 0 Å². The van der Waals surface area contributed by atoms with Crippen LogP contribution in [-0.4, -0.2) is 26.7 Å². The Kier molecular flexibility index (Phi) is 1.26. The fraction of sp³-hybridized carbons (Fsp3) is 0.714. The molecule has 1 aromatic heterocycles. The normalized spacial score (nSPS) is 20.2. The van der Waals surface area contributed by atoms with Crippen molar-refractivity contribution < 1.29 is 5.11 Å². The summed E-state index contributed by atoms with van der Waals surface area (Å²) in [5, 5.41) is 16.7. The Morgan fingerprint density at radius 2 is 2.45 bits per heavy atom. The van der Waals surface area contributed by atoms with Crippen molar-refractivity contribution in [3.8, 4) is 0 Å². The van der Waals surface area contributed by atoms with Crippen LogP contribution < -0.4 is 0 Å². The molecule has 4 heteroatoms. The summed E-state index contributed by atoms with van der Waals surface area (Å²) >= 11 is 0. The molecule has 0 aliphatic heterocycles. The minimum atomic E-state index is -0.00174. The smallest absolute Gasteiger partial charge is 0.0731 e. The van der Waals surface area contributed by atoms with Crippen LogP contribution in [0.25, 0.3) is 0 Å². The van der Waals surface area contributed by atoms with Gasteiger partial charge >= 0.3 is 0 Å². The van der Waals surface area contributed by atoms with Gasteiger partial charge < -0.3 is 5.11 Å². The van der Waals surface area contributed by atoms with E-state index in [0.29, 0.717) is 0 Å². The maximum atomic E-state index is 9.08. The van der Waals surface area contributed by atoms with Gasteiger partial charge in [0.15, 0.2) is 0 Å². The summed E-state index contributed by atoms with van der Waals surface area (Å²) in [6.07, 6.45) is 3.86. The van der Waals surface area contributed by atoms with Gasteiger partial charge in [0.25, 0.3) is 0 Å². The summed E-state index contributed by atoms with van der Waals surface area (Å²) in [6, 6.07) is 0. The Balaban J connectivity index is 2.35. The topological polar surface area (TPSA) is 50.9 Å². The highest BCUT2D eigenvalue weighted by atomic mass is 16.3. The van der Waals surface area contributed by atoms with Gasteiger partial charge in [-0.2, -0.15) is 0 Å². The minimum Gasteiger partial charge on any atom is -0.395 e. The van der Waals surface area contributed by atoms with Crippen molar-refractivity contribution >= 4 is 0 Å². The molecule has 11 heavy (non-hydrogen) atoms. The summed E-state index contributed by atoms with van der Waals surface area (Å²) < 4.78 is 1.74. The third-order valence-electron chi connectivity index (χ3n) is 2.41. The molecule has 4 nitrogen and oxygen atoms in total. The SMILES string of the molecule is Cn1nncc1C1(CO)CC1. The molecule has 0 bridgehead atoms. The van der Waals surface area contributed by atoms with Crippen LogP contribution in [0.3, 0.4) is 0 Å². The number of rotatable bonds is 2. The van der Waals surface area contributed by atoms with Gasteiger partial charge in [-0.25, -0.2) is 0 Å². The van der Waals surface area contributed by atoms with Gasteiger partial charge in [-0.1, -0.05) is 5.21 Å². The molecular formula is C7H11N3O. The average Bonchev–Trinajstić information content (AvgIpc) is 2.70. The van der Waals surface area contributed by atoms with E-state index in [-0.39, 0.29) is 12.0 Å². The van der Waals surface area contributed by atoms with E-state index < -0.39 is 0 Å². The molecule has 1 aromatic rings. The lowest BCUT2D eigenvalue weighted by Crippen LogP contribution is -2.16. The van der Waals surface area contributed by atoms with E-state index in [1.54, 1.807) is 10.9 Å². The van der Waals surface area contributed by atoms with Crippen LogP contribution >= 0.6 is 0 Å². The van der Waals surface area contributed by atoms with Crippen molar-refractivity contribution in [2.24, 2.45) is 7.05 Å². The molecule has 60 valence electrons. The molecule has 1 aliphatic carbocycles. The van der Waals surface area contributed by atoms with E-state index in [1.807, 2.05) is 7.05 Å². The number of aromatic nitrogens is 3. The summed E-state index contributed by atoms with van der Waals surface area (Å²) in [5.41, 5.74) is 1.05. The lowest BCUT2D eigenvalue weighted by Gasteiger charge is -2.09. The van der Waals surface area contributed by atoms with Gasteiger partial charge in [0, 0.05) is 12.5 Å². The second-order valence-corrected chi connectivity index (χ2v) is 3.18.